The minimum Gasteiger partial charge on any atom is -0.394 e. The predicted octanol–water partition coefficient (Wildman–Crippen LogP) is -0.544. The summed E-state index contributed by atoms with van der Waals surface area (Å²) < 4.78 is 17.1. The largest absolute Gasteiger partial charge is 0.394 e. The molecular weight excluding hydrogens is 356 g/mol. The molecule has 0 bridgehead atoms. The van der Waals surface area contributed by atoms with E-state index in [0.717, 1.165) is 0 Å². The van der Waals surface area contributed by atoms with Gasteiger partial charge in [-0.3, -0.25) is 0 Å². The minimum absolute atomic E-state index is 0.251. The molecule has 156 valence electrons. The average Bonchev–Trinajstić information content (AvgIpc) is 3.19. The molecule has 0 spiro atoms. The van der Waals surface area contributed by atoms with E-state index in [-0.39, 0.29) is 5.41 Å². The predicted molar refractivity (Wildman–Crippen MR) is 94.7 cm³/mol. The quantitative estimate of drug-likeness (QED) is 0.313. The van der Waals surface area contributed by atoms with Crippen molar-refractivity contribution >= 4 is 0 Å². The summed E-state index contributed by atoms with van der Waals surface area (Å²) in [6.07, 6.45) is -2.39. The van der Waals surface area contributed by atoms with Gasteiger partial charge in [0.1, 0.15) is 35.6 Å². The van der Waals surface area contributed by atoms with Gasteiger partial charge in [0.2, 0.25) is 0 Å². The van der Waals surface area contributed by atoms with Crippen LogP contribution in [-0.2, 0) is 14.2 Å². The molecule has 8 nitrogen and oxygen atoms in total. The standard InChI is InChI=1S/C19H32O8/c1-10(25-16-15(24)14(23)13(22)12(9-20)26-16)5-6-19-17(2,3)7-11(21)8-18(19,4)27-19/h5-6,10-16,20-24H,7-9H2,1-4H3/b6-5+. The Hall–Kier alpha value is -0.580. The molecular formula is C19H32O8. The van der Waals surface area contributed by atoms with E-state index in [9.17, 15) is 25.5 Å². The van der Waals surface area contributed by atoms with E-state index in [2.05, 4.69) is 13.8 Å². The van der Waals surface area contributed by atoms with Gasteiger partial charge >= 0.3 is 0 Å². The molecule has 2 saturated heterocycles. The molecule has 2 aliphatic heterocycles. The zero-order valence-corrected chi connectivity index (χ0v) is 16.3. The summed E-state index contributed by atoms with van der Waals surface area (Å²) in [6.45, 7) is 7.38. The van der Waals surface area contributed by atoms with Crippen LogP contribution < -0.4 is 0 Å². The first-order valence-electron chi connectivity index (χ1n) is 9.50. The Balaban J connectivity index is 1.67. The van der Waals surface area contributed by atoms with Gasteiger partial charge in [-0.15, -0.1) is 0 Å². The highest BCUT2D eigenvalue weighted by molar-refractivity contribution is 5.32. The molecule has 9 atom stereocenters. The molecule has 3 rings (SSSR count). The summed E-state index contributed by atoms with van der Waals surface area (Å²) in [6, 6.07) is 0. The minimum atomic E-state index is -1.47. The molecule has 27 heavy (non-hydrogen) atoms. The molecule has 5 N–H and O–H groups in total. The Morgan fingerprint density at radius 1 is 1.07 bits per heavy atom. The molecule has 8 heteroatoms. The van der Waals surface area contributed by atoms with Crippen LogP contribution in [0.5, 0.6) is 0 Å². The van der Waals surface area contributed by atoms with E-state index in [0.29, 0.717) is 12.8 Å². The Morgan fingerprint density at radius 3 is 2.33 bits per heavy atom. The molecule has 0 aromatic carbocycles. The maximum absolute atomic E-state index is 10.1. The molecule has 3 aliphatic rings. The summed E-state index contributed by atoms with van der Waals surface area (Å²) in [5, 5.41) is 49.1. The van der Waals surface area contributed by atoms with Crippen LogP contribution in [0.4, 0.5) is 0 Å². The topological polar surface area (TPSA) is 132 Å². The van der Waals surface area contributed by atoms with Crippen LogP contribution >= 0.6 is 0 Å². The summed E-state index contributed by atoms with van der Waals surface area (Å²) >= 11 is 0. The number of hydrogen-bond donors (Lipinski definition) is 5. The highest BCUT2D eigenvalue weighted by atomic mass is 16.7. The van der Waals surface area contributed by atoms with Gasteiger partial charge in [0.05, 0.1) is 18.8 Å². The van der Waals surface area contributed by atoms with Crippen molar-refractivity contribution in [2.75, 3.05) is 6.61 Å². The molecule has 2 heterocycles. The maximum atomic E-state index is 10.1. The van der Waals surface area contributed by atoms with Gasteiger partial charge in [-0.1, -0.05) is 26.0 Å². The van der Waals surface area contributed by atoms with E-state index in [1.165, 1.54) is 0 Å². The second kappa shape index (κ2) is 7.03. The van der Waals surface area contributed by atoms with Crippen LogP contribution in [-0.4, -0.2) is 86.3 Å². The second-order valence-electron chi connectivity index (χ2n) is 8.91. The van der Waals surface area contributed by atoms with Crippen molar-refractivity contribution < 1.29 is 39.7 Å². The third-order valence-electron chi connectivity index (χ3n) is 6.31. The van der Waals surface area contributed by atoms with E-state index in [1.54, 1.807) is 6.92 Å². The van der Waals surface area contributed by atoms with Crippen LogP contribution in [0.25, 0.3) is 0 Å². The second-order valence-corrected chi connectivity index (χ2v) is 8.91. The van der Waals surface area contributed by atoms with E-state index < -0.39 is 60.7 Å². The molecule has 0 aromatic rings. The summed E-state index contributed by atoms with van der Waals surface area (Å²) in [7, 11) is 0. The van der Waals surface area contributed by atoms with Crippen LogP contribution in [0.1, 0.15) is 40.5 Å². The molecule has 0 amide bonds. The highest BCUT2D eigenvalue weighted by Gasteiger charge is 2.74. The van der Waals surface area contributed by atoms with Gasteiger partial charge in [-0.05, 0) is 20.3 Å². The fourth-order valence-corrected chi connectivity index (χ4v) is 4.78. The third-order valence-corrected chi connectivity index (χ3v) is 6.31. The van der Waals surface area contributed by atoms with Crippen molar-refractivity contribution in [3.63, 3.8) is 0 Å². The first-order valence-corrected chi connectivity index (χ1v) is 9.50. The molecule has 0 radical (unpaired) electrons. The van der Waals surface area contributed by atoms with Gasteiger partial charge in [0.25, 0.3) is 0 Å². The number of hydrogen-bond acceptors (Lipinski definition) is 8. The SMILES string of the molecule is CC(/C=C/C12OC1(C)CC(O)CC2(C)C)OC1OC(CO)C(O)C(O)C1O. The lowest BCUT2D eigenvalue weighted by atomic mass is 9.63. The van der Waals surface area contributed by atoms with Crippen molar-refractivity contribution in [1.29, 1.82) is 0 Å². The normalized spacial score (nSPS) is 50.4. The number of rotatable bonds is 5. The third kappa shape index (κ3) is 3.47. The lowest BCUT2D eigenvalue weighted by Gasteiger charge is -2.40. The summed E-state index contributed by atoms with van der Waals surface area (Å²) in [5.74, 6) is 0. The van der Waals surface area contributed by atoms with Gasteiger partial charge in [-0.25, -0.2) is 0 Å². The van der Waals surface area contributed by atoms with Crippen LogP contribution in [0.2, 0.25) is 0 Å². The van der Waals surface area contributed by atoms with Crippen LogP contribution in [0, 0.1) is 5.41 Å². The number of fused-ring (bicyclic) bond motifs is 1. The molecule has 1 saturated carbocycles. The van der Waals surface area contributed by atoms with Gasteiger partial charge in [-0.2, -0.15) is 0 Å². The molecule has 1 aliphatic carbocycles. The monoisotopic (exact) mass is 388 g/mol. The van der Waals surface area contributed by atoms with Crippen LogP contribution in [0.15, 0.2) is 12.2 Å². The Bertz CT molecular complexity index is 578. The zero-order valence-electron chi connectivity index (χ0n) is 16.3. The van der Waals surface area contributed by atoms with E-state index >= 15 is 0 Å². The number of aliphatic hydroxyl groups is 5. The number of aliphatic hydroxyl groups excluding tert-OH is 5. The van der Waals surface area contributed by atoms with E-state index in [1.807, 2.05) is 19.1 Å². The Morgan fingerprint density at radius 2 is 1.74 bits per heavy atom. The number of ether oxygens (including phenoxy) is 3. The fraction of sp³-hybridized carbons (Fsp3) is 0.895. The van der Waals surface area contributed by atoms with Crippen molar-refractivity contribution in [3.8, 4) is 0 Å². The summed E-state index contributed by atoms with van der Waals surface area (Å²) in [4.78, 5) is 0. The van der Waals surface area contributed by atoms with Crippen molar-refractivity contribution in [3.05, 3.63) is 12.2 Å². The van der Waals surface area contributed by atoms with Gasteiger partial charge in [0.15, 0.2) is 6.29 Å². The first kappa shape index (κ1) is 21.1. The van der Waals surface area contributed by atoms with Crippen molar-refractivity contribution in [2.24, 2.45) is 5.41 Å². The Kier molecular flexibility index (Phi) is 5.51. The highest BCUT2D eigenvalue weighted by Crippen LogP contribution is 2.66. The van der Waals surface area contributed by atoms with E-state index in [4.69, 9.17) is 14.2 Å². The average molecular weight is 388 g/mol. The van der Waals surface area contributed by atoms with Crippen molar-refractivity contribution in [1.82, 2.24) is 0 Å². The molecule has 3 fully saturated rings. The molecule has 0 aromatic heterocycles. The lowest BCUT2D eigenvalue weighted by Crippen LogP contribution is -2.59. The van der Waals surface area contributed by atoms with Crippen molar-refractivity contribution in [2.45, 2.75) is 94.7 Å². The van der Waals surface area contributed by atoms with Gasteiger partial charge in [0, 0.05) is 11.8 Å². The first-order chi connectivity index (χ1) is 12.5. The van der Waals surface area contributed by atoms with Gasteiger partial charge < -0.3 is 39.7 Å². The zero-order chi connectivity index (χ0) is 20.2. The summed E-state index contributed by atoms with van der Waals surface area (Å²) in [5.41, 5.74) is -1.17. The fourth-order valence-electron chi connectivity index (χ4n) is 4.78. The lowest BCUT2D eigenvalue weighted by molar-refractivity contribution is -0.306. The maximum Gasteiger partial charge on any atom is 0.187 e. The molecule has 9 unspecified atom stereocenters. The smallest absolute Gasteiger partial charge is 0.187 e. The van der Waals surface area contributed by atoms with Crippen LogP contribution in [0.3, 0.4) is 0 Å². The Labute approximate surface area is 159 Å². The number of epoxide rings is 1.